The molecule has 1 heterocycles. The second kappa shape index (κ2) is 11.6. The quantitative estimate of drug-likeness (QED) is 0.406. The Morgan fingerprint density at radius 1 is 1.29 bits per heavy atom. The largest absolute Gasteiger partial charge is 0.396 e. The van der Waals surface area contributed by atoms with Crippen molar-refractivity contribution in [2.24, 2.45) is 0 Å². The number of carbonyl (C=O) groups is 1. The topological polar surface area (TPSA) is 98.7 Å². The highest BCUT2D eigenvalue weighted by atomic mass is 35.5. The Morgan fingerprint density at radius 2 is 2.03 bits per heavy atom. The van der Waals surface area contributed by atoms with Gasteiger partial charge < -0.3 is 15.3 Å². The summed E-state index contributed by atoms with van der Waals surface area (Å²) < 4.78 is 27.4. The van der Waals surface area contributed by atoms with Crippen LogP contribution in [-0.2, 0) is 21.2 Å². The minimum atomic E-state index is -3.82. The number of aliphatic hydroxyl groups excluding tert-OH is 1. The Labute approximate surface area is 209 Å². The summed E-state index contributed by atoms with van der Waals surface area (Å²) in [6.45, 7) is 7.59. The third-order valence-corrected chi connectivity index (χ3v) is 7.69. The van der Waals surface area contributed by atoms with Crippen molar-refractivity contribution in [3.8, 4) is 0 Å². The van der Waals surface area contributed by atoms with Gasteiger partial charge >= 0.3 is 0 Å². The molecule has 0 unspecified atom stereocenters. The minimum Gasteiger partial charge on any atom is -0.396 e. The number of aliphatic hydroxyl groups is 1. The number of nitrogens with zero attached hydrogens (tertiary/aromatic N) is 1. The van der Waals surface area contributed by atoms with Crippen molar-refractivity contribution in [3.05, 3.63) is 82.4 Å². The first-order valence-corrected chi connectivity index (χ1v) is 13.3. The van der Waals surface area contributed by atoms with E-state index < -0.39 is 16.1 Å². The number of sulfonamides is 1. The van der Waals surface area contributed by atoms with Gasteiger partial charge in [-0.15, -0.1) is 5.73 Å². The van der Waals surface area contributed by atoms with Crippen LogP contribution in [0.2, 0.25) is 5.02 Å². The number of nitrogens with one attached hydrogen (secondary N) is 2. The van der Waals surface area contributed by atoms with Crippen LogP contribution in [0.4, 0.5) is 11.4 Å². The average Bonchev–Trinajstić information content (AvgIpc) is 2.80. The molecule has 10 heteroatoms. The molecule has 2 aromatic carbocycles. The summed E-state index contributed by atoms with van der Waals surface area (Å²) in [5, 5.41) is 14.8. The summed E-state index contributed by atoms with van der Waals surface area (Å²) in [7, 11) is -3.82. The number of rotatable bonds is 10. The molecule has 0 radical (unpaired) electrons. The van der Waals surface area contributed by atoms with Crippen LogP contribution in [0.1, 0.15) is 18.4 Å². The molecular weight excluding hydrogens is 494 g/mol. The molecule has 3 rings (SSSR count). The van der Waals surface area contributed by atoms with Gasteiger partial charge in [-0.3, -0.25) is 9.52 Å². The third-order valence-electron chi connectivity index (χ3n) is 5.24. The van der Waals surface area contributed by atoms with Crippen LogP contribution in [-0.4, -0.2) is 38.6 Å². The fraction of sp³-hybridized carbons (Fsp3) is 0.250. The van der Waals surface area contributed by atoms with Crippen LogP contribution in [0.3, 0.4) is 0 Å². The number of aryl methyl sites for hydroxylation is 1. The predicted octanol–water partition coefficient (Wildman–Crippen LogP) is 4.26. The first kappa shape index (κ1) is 25.9. The lowest BCUT2D eigenvalue weighted by atomic mass is 9.98. The van der Waals surface area contributed by atoms with Gasteiger partial charge in [0.1, 0.15) is 6.04 Å². The van der Waals surface area contributed by atoms with Crippen LogP contribution in [0, 0.1) is 0 Å². The molecule has 0 saturated carbocycles. The summed E-state index contributed by atoms with van der Waals surface area (Å²) in [6, 6.07) is 10.9. The van der Waals surface area contributed by atoms with E-state index in [0.717, 1.165) is 35.9 Å². The Balaban J connectivity index is 1.74. The van der Waals surface area contributed by atoms with E-state index in [1.165, 1.54) is 29.7 Å². The van der Waals surface area contributed by atoms with Crippen LogP contribution in [0.5, 0.6) is 0 Å². The lowest BCUT2D eigenvalue weighted by Gasteiger charge is -2.37. The van der Waals surface area contributed by atoms with Crippen molar-refractivity contribution in [1.29, 1.82) is 0 Å². The van der Waals surface area contributed by atoms with E-state index in [1.54, 1.807) is 6.07 Å². The fourth-order valence-corrected chi connectivity index (χ4v) is 5.61. The monoisotopic (exact) mass is 519 g/mol. The Kier molecular flexibility index (Phi) is 8.88. The van der Waals surface area contributed by atoms with Crippen LogP contribution >= 0.6 is 23.4 Å². The van der Waals surface area contributed by atoms with Crippen LogP contribution in [0.15, 0.2) is 76.7 Å². The van der Waals surface area contributed by atoms with Gasteiger partial charge in [0.2, 0.25) is 5.91 Å². The SMILES string of the molecule is C=C=CSC(=C)NS(=O)(=O)c1ccc(NC(=O)[C@H](CCO)N2CCCc3cc(Cl)ccc32)cc1. The molecule has 0 spiro atoms. The number of amides is 1. The summed E-state index contributed by atoms with van der Waals surface area (Å²) in [4.78, 5) is 15.2. The zero-order valence-corrected chi connectivity index (χ0v) is 20.8. The molecule has 0 aromatic heterocycles. The van der Waals surface area contributed by atoms with Gasteiger partial charge in [0.25, 0.3) is 10.0 Å². The smallest absolute Gasteiger partial charge is 0.262 e. The molecule has 180 valence electrons. The zero-order valence-electron chi connectivity index (χ0n) is 18.5. The first-order chi connectivity index (χ1) is 16.2. The molecule has 0 fully saturated rings. The van der Waals surface area contributed by atoms with Gasteiger partial charge in [0, 0.05) is 35.0 Å². The van der Waals surface area contributed by atoms with Crippen LogP contribution in [0.25, 0.3) is 0 Å². The van der Waals surface area contributed by atoms with E-state index in [4.69, 9.17) is 11.6 Å². The average molecular weight is 520 g/mol. The van der Waals surface area contributed by atoms with Gasteiger partial charge in [-0.2, -0.15) is 0 Å². The lowest BCUT2D eigenvalue weighted by molar-refractivity contribution is -0.117. The fourth-order valence-electron chi connectivity index (χ4n) is 3.76. The Hall–Kier alpha value is -2.68. The second-order valence-corrected chi connectivity index (χ2v) is 10.7. The van der Waals surface area contributed by atoms with E-state index >= 15 is 0 Å². The molecule has 0 saturated heterocycles. The molecule has 1 aliphatic heterocycles. The van der Waals surface area contributed by atoms with E-state index in [-0.39, 0.29) is 28.9 Å². The van der Waals surface area contributed by atoms with E-state index in [1.807, 2.05) is 17.0 Å². The van der Waals surface area contributed by atoms with Crippen molar-refractivity contribution in [1.82, 2.24) is 4.72 Å². The first-order valence-electron chi connectivity index (χ1n) is 10.5. The van der Waals surface area contributed by atoms with Gasteiger partial charge in [0.05, 0.1) is 9.92 Å². The molecule has 0 bridgehead atoms. The molecular formula is C24H26ClN3O4S2. The van der Waals surface area contributed by atoms with Gasteiger partial charge in [-0.1, -0.05) is 36.5 Å². The number of halogens is 1. The predicted molar refractivity (Wildman–Crippen MR) is 138 cm³/mol. The van der Waals surface area contributed by atoms with Gasteiger partial charge in [-0.25, -0.2) is 8.42 Å². The molecule has 2 aromatic rings. The van der Waals surface area contributed by atoms with Gasteiger partial charge in [0.15, 0.2) is 0 Å². The molecule has 7 nitrogen and oxygen atoms in total. The molecule has 1 amide bonds. The Bertz CT molecular complexity index is 1210. The maximum Gasteiger partial charge on any atom is 0.262 e. The van der Waals surface area contributed by atoms with Gasteiger partial charge in [-0.05, 0) is 67.3 Å². The number of carbonyl (C=O) groups excluding carboxylic acids is 1. The number of hydrogen-bond acceptors (Lipinski definition) is 6. The number of hydrogen-bond donors (Lipinski definition) is 3. The molecule has 0 aliphatic carbocycles. The lowest BCUT2D eigenvalue weighted by Crippen LogP contribution is -2.47. The molecule has 1 aliphatic rings. The van der Waals surface area contributed by atoms with Crippen molar-refractivity contribution < 1.29 is 18.3 Å². The molecule has 1 atom stereocenters. The summed E-state index contributed by atoms with van der Waals surface area (Å²) in [5.41, 5.74) is 4.97. The number of benzene rings is 2. The van der Waals surface area contributed by atoms with Crippen molar-refractivity contribution in [2.45, 2.75) is 30.2 Å². The highest BCUT2D eigenvalue weighted by Crippen LogP contribution is 2.32. The number of thioether (sulfide) groups is 1. The number of fused-ring (bicyclic) bond motifs is 1. The Morgan fingerprint density at radius 3 is 2.71 bits per heavy atom. The highest BCUT2D eigenvalue weighted by Gasteiger charge is 2.29. The van der Waals surface area contributed by atoms with Crippen molar-refractivity contribution in [3.63, 3.8) is 0 Å². The third kappa shape index (κ3) is 6.46. The molecule has 3 N–H and O–H groups in total. The molecule has 34 heavy (non-hydrogen) atoms. The van der Waals surface area contributed by atoms with Crippen molar-refractivity contribution >= 4 is 50.7 Å². The highest BCUT2D eigenvalue weighted by molar-refractivity contribution is 8.06. The summed E-state index contributed by atoms with van der Waals surface area (Å²) >= 11 is 7.19. The standard InChI is InChI=1S/C24H26ClN3O4S2/c1-3-15-33-17(2)27-34(31,32)21-9-7-20(8-10-21)26-24(30)23(12-14-29)28-13-4-5-18-16-19(25)6-11-22(18)28/h6-11,15-16,23,27,29H,1-2,4-5,12-14H2,(H,26,30)/t23-/m0/s1. The number of anilines is 2. The van der Waals surface area contributed by atoms with E-state index in [2.05, 4.69) is 28.9 Å². The second-order valence-electron chi connectivity index (χ2n) is 7.58. The maximum atomic E-state index is 13.2. The van der Waals surface area contributed by atoms with Crippen molar-refractivity contribution in [2.75, 3.05) is 23.4 Å². The summed E-state index contributed by atoms with van der Waals surface area (Å²) in [5.74, 6) is -0.286. The van der Waals surface area contributed by atoms with E-state index in [9.17, 15) is 18.3 Å². The summed E-state index contributed by atoms with van der Waals surface area (Å²) in [6.07, 6.45) is 2.00. The normalized spacial score (nSPS) is 13.9. The van der Waals surface area contributed by atoms with Crippen LogP contribution < -0.4 is 14.9 Å². The zero-order chi connectivity index (χ0) is 24.7. The van der Waals surface area contributed by atoms with E-state index in [0.29, 0.717) is 17.3 Å². The maximum absolute atomic E-state index is 13.2. The minimum absolute atomic E-state index is 0.0311.